The Morgan fingerprint density at radius 2 is 1.80 bits per heavy atom. The molecule has 4 aromatic rings. The average Bonchev–Trinajstić information content (AvgIpc) is 3.27. The Kier molecular flexibility index (Phi) is 3.65. The number of aryl methyl sites for hydroxylation is 2. The first kappa shape index (κ1) is 15.3. The van der Waals surface area contributed by atoms with E-state index in [1.54, 1.807) is 12.1 Å². The predicted octanol–water partition coefficient (Wildman–Crippen LogP) is 4.55. The van der Waals surface area contributed by atoms with Gasteiger partial charge in [-0.3, -0.25) is 5.10 Å². The summed E-state index contributed by atoms with van der Waals surface area (Å²) in [5.41, 5.74) is 5.50. The summed E-state index contributed by atoms with van der Waals surface area (Å²) in [6.45, 7) is 4.09. The summed E-state index contributed by atoms with van der Waals surface area (Å²) in [7, 11) is 0. The van der Waals surface area contributed by atoms with Crippen LogP contribution >= 0.6 is 0 Å². The first-order valence-electron chi connectivity index (χ1n) is 7.83. The van der Waals surface area contributed by atoms with Crippen molar-refractivity contribution in [2.45, 2.75) is 13.8 Å². The van der Waals surface area contributed by atoms with Gasteiger partial charge in [-0.25, -0.2) is 4.39 Å². The number of hydrogen-bond acceptors (Lipinski definition) is 4. The number of hydrogen-bond donors (Lipinski definition) is 1. The fourth-order valence-corrected chi connectivity index (χ4v) is 2.63. The quantitative estimate of drug-likeness (QED) is 0.597. The molecule has 0 radical (unpaired) electrons. The van der Waals surface area contributed by atoms with Crippen molar-refractivity contribution in [3.8, 4) is 34.2 Å². The maximum atomic E-state index is 13.0. The van der Waals surface area contributed by atoms with Crippen molar-refractivity contribution < 1.29 is 8.91 Å². The third-order valence-corrected chi connectivity index (χ3v) is 4.01. The summed E-state index contributed by atoms with van der Waals surface area (Å²) in [6, 6.07) is 14.0. The van der Waals surface area contributed by atoms with Crippen LogP contribution in [0, 0.1) is 19.7 Å². The van der Waals surface area contributed by atoms with Gasteiger partial charge in [-0.15, -0.1) is 0 Å². The fourth-order valence-electron chi connectivity index (χ4n) is 2.63. The summed E-state index contributed by atoms with van der Waals surface area (Å²) in [5, 5.41) is 11.2. The number of rotatable bonds is 3. The van der Waals surface area contributed by atoms with E-state index in [-0.39, 0.29) is 5.82 Å². The van der Waals surface area contributed by atoms with E-state index in [2.05, 4.69) is 38.5 Å². The van der Waals surface area contributed by atoms with Gasteiger partial charge in [0, 0.05) is 11.1 Å². The minimum Gasteiger partial charge on any atom is -0.332 e. The molecule has 0 saturated carbocycles. The first-order chi connectivity index (χ1) is 12.1. The highest BCUT2D eigenvalue weighted by Crippen LogP contribution is 2.27. The topological polar surface area (TPSA) is 67.6 Å². The Bertz CT molecular complexity index is 1030. The van der Waals surface area contributed by atoms with Gasteiger partial charge >= 0.3 is 0 Å². The van der Waals surface area contributed by atoms with Gasteiger partial charge in [-0.2, -0.15) is 10.1 Å². The van der Waals surface area contributed by atoms with E-state index in [1.165, 1.54) is 17.7 Å². The summed E-state index contributed by atoms with van der Waals surface area (Å²) in [5.74, 6) is 0.431. The monoisotopic (exact) mass is 334 g/mol. The van der Waals surface area contributed by atoms with Crippen LogP contribution in [-0.2, 0) is 0 Å². The molecule has 2 aromatic carbocycles. The number of aromatic nitrogens is 4. The van der Waals surface area contributed by atoms with E-state index in [1.807, 2.05) is 19.9 Å². The van der Waals surface area contributed by atoms with Crippen molar-refractivity contribution in [1.82, 2.24) is 20.3 Å². The van der Waals surface area contributed by atoms with Gasteiger partial charge < -0.3 is 4.52 Å². The zero-order valence-electron chi connectivity index (χ0n) is 13.7. The molecule has 0 saturated heterocycles. The van der Waals surface area contributed by atoms with E-state index in [0.29, 0.717) is 23.0 Å². The van der Waals surface area contributed by atoms with E-state index < -0.39 is 0 Å². The highest BCUT2D eigenvalue weighted by atomic mass is 19.1. The van der Waals surface area contributed by atoms with Crippen molar-refractivity contribution in [2.75, 3.05) is 0 Å². The zero-order valence-corrected chi connectivity index (χ0v) is 13.7. The van der Waals surface area contributed by atoms with E-state index in [0.717, 1.165) is 16.8 Å². The number of H-pyrrole nitrogens is 1. The van der Waals surface area contributed by atoms with Crippen LogP contribution in [0.15, 0.2) is 53.1 Å². The first-order valence-corrected chi connectivity index (χ1v) is 7.83. The summed E-state index contributed by atoms with van der Waals surface area (Å²) in [6.07, 6.45) is 0. The Morgan fingerprint density at radius 1 is 1.00 bits per heavy atom. The minimum absolute atomic E-state index is 0.306. The standard InChI is InChI=1S/C19H15FN4O/c1-11-3-4-12(2)15(9-11)16-10-17(23-22-16)19-21-18(24-25-19)13-5-7-14(20)8-6-13/h3-10H,1-2H3,(H,22,23). The van der Waals surface area contributed by atoms with Gasteiger partial charge in [0.05, 0.1) is 5.69 Å². The van der Waals surface area contributed by atoms with Crippen LogP contribution in [0.4, 0.5) is 4.39 Å². The zero-order chi connectivity index (χ0) is 17.4. The molecular weight excluding hydrogens is 319 g/mol. The highest BCUT2D eigenvalue weighted by molar-refractivity contribution is 5.68. The molecule has 2 aromatic heterocycles. The lowest BCUT2D eigenvalue weighted by Crippen LogP contribution is -1.84. The van der Waals surface area contributed by atoms with Crippen molar-refractivity contribution in [3.05, 3.63) is 65.5 Å². The van der Waals surface area contributed by atoms with Gasteiger partial charge in [0.1, 0.15) is 11.5 Å². The molecule has 0 unspecified atom stereocenters. The molecule has 6 heteroatoms. The molecule has 0 aliphatic heterocycles. The van der Waals surface area contributed by atoms with Crippen LogP contribution in [0.2, 0.25) is 0 Å². The molecule has 1 N–H and O–H groups in total. The molecule has 2 heterocycles. The van der Waals surface area contributed by atoms with Gasteiger partial charge in [-0.05, 0) is 55.8 Å². The lowest BCUT2D eigenvalue weighted by atomic mass is 10.0. The summed E-state index contributed by atoms with van der Waals surface area (Å²) < 4.78 is 18.3. The van der Waals surface area contributed by atoms with Gasteiger partial charge in [0.15, 0.2) is 0 Å². The number of nitrogens with zero attached hydrogens (tertiary/aromatic N) is 3. The van der Waals surface area contributed by atoms with Crippen molar-refractivity contribution in [3.63, 3.8) is 0 Å². The molecule has 0 bridgehead atoms. The van der Waals surface area contributed by atoms with Crippen LogP contribution in [0.3, 0.4) is 0 Å². The van der Waals surface area contributed by atoms with Gasteiger partial charge in [-0.1, -0.05) is 22.9 Å². The maximum absolute atomic E-state index is 13.0. The molecule has 0 amide bonds. The number of benzene rings is 2. The second-order valence-corrected chi connectivity index (χ2v) is 5.92. The SMILES string of the molecule is Cc1ccc(C)c(-c2cc(-c3nc(-c4ccc(F)cc4)no3)[nH]n2)c1. The average molecular weight is 334 g/mol. The van der Waals surface area contributed by atoms with Crippen molar-refractivity contribution in [1.29, 1.82) is 0 Å². The second kappa shape index (κ2) is 5.98. The smallest absolute Gasteiger partial charge is 0.276 e. The largest absolute Gasteiger partial charge is 0.332 e. The van der Waals surface area contributed by atoms with E-state index in [4.69, 9.17) is 4.52 Å². The normalized spacial score (nSPS) is 11.0. The molecule has 0 spiro atoms. The van der Waals surface area contributed by atoms with Crippen LogP contribution in [0.5, 0.6) is 0 Å². The van der Waals surface area contributed by atoms with Gasteiger partial charge in [0.2, 0.25) is 5.82 Å². The van der Waals surface area contributed by atoms with Crippen LogP contribution in [0.1, 0.15) is 11.1 Å². The third-order valence-electron chi connectivity index (χ3n) is 4.01. The second-order valence-electron chi connectivity index (χ2n) is 5.92. The van der Waals surface area contributed by atoms with Crippen LogP contribution in [0.25, 0.3) is 34.2 Å². The minimum atomic E-state index is -0.306. The van der Waals surface area contributed by atoms with Crippen LogP contribution in [-0.4, -0.2) is 20.3 Å². The lowest BCUT2D eigenvalue weighted by molar-refractivity contribution is 0.431. The summed E-state index contributed by atoms with van der Waals surface area (Å²) >= 11 is 0. The van der Waals surface area contributed by atoms with E-state index >= 15 is 0 Å². The Morgan fingerprint density at radius 3 is 2.60 bits per heavy atom. The molecule has 0 aliphatic rings. The van der Waals surface area contributed by atoms with Gasteiger partial charge in [0.25, 0.3) is 5.89 Å². The molecule has 124 valence electrons. The molecule has 5 nitrogen and oxygen atoms in total. The Hall–Kier alpha value is -3.28. The predicted molar refractivity (Wildman–Crippen MR) is 92.2 cm³/mol. The maximum Gasteiger partial charge on any atom is 0.276 e. The van der Waals surface area contributed by atoms with Crippen LogP contribution < -0.4 is 0 Å². The molecule has 25 heavy (non-hydrogen) atoms. The summed E-state index contributed by atoms with van der Waals surface area (Å²) in [4.78, 5) is 4.36. The molecular formula is C19H15FN4O. The number of aromatic amines is 1. The highest BCUT2D eigenvalue weighted by Gasteiger charge is 2.15. The van der Waals surface area contributed by atoms with E-state index in [9.17, 15) is 4.39 Å². The fraction of sp³-hybridized carbons (Fsp3) is 0.105. The van der Waals surface area contributed by atoms with Crippen molar-refractivity contribution >= 4 is 0 Å². The molecule has 0 fully saturated rings. The van der Waals surface area contributed by atoms with Crippen molar-refractivity contribution in [2.24, 2.45) is 0 Å². The molecule has 0 atom stereocenters. The number of nitrogens with one attached hydrogen (secondary N) is 1. The molecule has 4 rings (SSSR count). The Balaban J connectivity index is 1.67. The molecule has 0 aliphatic carbocycles. The number of halogens is 1. The Labute approximate surface area is 143 Å². The third kappa shape index (κ3) is 2.94. The lowest BCUT2D eigenvalue weighted by Gasteiger charge is -2.02.